The molecule has 0 aliphatic carbocycles. The van der Waals surface area contributed by atoms with E-state index in [-0.39, 0.29) is 23.6 Å². The van der Waals surface area contributed by atoms with E-state index in [1.54, 1.807) is 24.3 Å². The lowest BCUT2D eigenvalue weighted by Gasteiger charge is -2.32. The third kappa shape index (κ3) is 7.67. The minimum absolute atomic E-state index is 0.0123. The fourth-order valence-electron chi connectivity index (χ4n) is 2.85. The molecule has 2 N–H and O–H groups in total. The van der Waals surface area contributed by atoms with Crippen molar-refractivity contribution in [3.05, 3.63) is 29.3 Å². The maximum atomic E-state index is 12.0. The SMILES string of the molecule is CCCN1CCC(NC(=O)CSCC(=O)Nc2ccc(Cl)cc2)CC1. The van der Waals surface area contributed by atoms with Crippen molar-refractivity contribution in [3.8, 4) is 0 Å². The molecule has 2 rings (SSSR count). The molecule has 1 aromatic rings. The van der Waals surface area contributed by atoms with Crippen molar-refractivity contribution >= 4 is 40.9 Å². The molecule has 1 aromatic carbocycles. The molecule has 0 radical (unpaired) electrons. The Morgan fingerprint density at radius 3 is 2.44 bits per heavy atom. The summed E-state index contributed by atoms with van der Waals surface area (Å²) in [7, 11) is 0. The van der Waals surface area contributed by atoms with E-state index in [2.05, 4.69) is 22.5 Å². The number of amides is 2. The second-order valence-corrected chi connectivity index (χ2v) is 7.65. The lowest BCUT2D eigenvalue weighted by Crippen LogP contribution is -2.45. The fourth-order valence-corrected chi connectivity index (χ4v) is 3.61. The molecule has 0 bridgehead atoms. The summed E-state index contributed by atoms with van der Waals surface area (Å²) in [6.07, 6.45) is 3.19. The summed E-state index contributed by atoms with van der Waals surface area (Å²) in [5.74, 6) is 0.458. The molecule has 0 aromatic heterocycles. The van der Waals surface area contributed by atoms with Crippen LogP contribution >= 0.6 is 23.4 Å². The second kappa shape index (κ2) is 10.7. The Hall–Kier alpha value is -1.24. The van der Waals surface area contributed by atoms with Gasteiger partial charge in [-0.2, -0.15) is 0 Å². The Kier molecular flexibility index (Phi) is 8.58. The topological polar surface area (TPSA) is 61.4 Å². The first-order chi connectivity index (χ1) is 12.1. The molecule has 1 aliphatic rings. The van der Waals surface area contributed by atoms with Crippen LogP contribution in [0.2, 0.25) is 5.02 Å². The average molecular weight is 384 g/mol. The van der Waals surface area contributed by atoms with E-state index in [9.17, 15) is 9.59 Å². The zero-order valence-corrected chi connectivity index (χ0v) is 16.2. The van der Waals surface area contributed by atoms with Crippen LogP contribution in [0.1, 0.15) is 26.2 Å². The van der Waals surface area contributed by atoms with Gasteiger partial charge < -0.3 is 15.5 Å². The van der Waals surface area contributed by atoms with Crippen molar-refractivity contribution in [3.63, 3.8) is 0 Å². The minimum Gasteiger partial charge on any atom is -0.353 e. The van der Waals surface area contributed by atoms with Gasteiger partial charge in [-0.3, -0.25) is 9.59 Å². The Balaban J connectivity index is 1.59. The molecule has 7 heteroatoms. The Labute approximate surface area is 158 Å². The molecule has 1 saturated heterocycles. The van der Waals surface area contributed by atoms with Crippen LogP contribution in [0.4, 0.5) is 5.69 Å². The minimum atomic E-state index is -0.118. The van der Waals surface area contributed by atoms with Crippen LogP contribution in [0, 0.1) is 0 Å². The highest BCUT2D eigenvalue weighted by Crippen LogP contribution is 2.14. The zero-order valence-electron chi connectivity index (χ0n) is 14.6. The van der Waals surface area contributed by atoms with Gasteiger partial charge in [-0.25, -0.2) is 0 Å². The van der Waals surface area contributed by atoms with Gasteiger partial charge in [-0.05, 0) is 50.1 Å². The largest absolute Gasteiger partial charge is 0.353 e. The van der Waals surface area contributed by atoms with Gasteiger partial charge in [-0.1, -0.05) is 18.5 Å². The lowest BCUT2D eigenvalue weighted by atomic mass is 10.1. The van der Waals surface area contributed by atoms with Crippen LogP contribution in [0.3, 0.4) is 0 Å². The molecule has 138 valence electrons. The van der Waals surface area contributed by atoms with Gasteiger partial charge in [0, 0.05) is 29.8 Å². The van der Waals surface area contributed by atoms with E-state index in [1.165, 1.54) is 18.2 Å². The standard InChI is InChI=1S/C18H26ClN3O2S/c1-2-9-22-10-7-16(8-11-22)21-18(24)13-25-12-17(23)20-15-5-3-14(19)4-6-15/h3-6,16H,2,7-13H2,1H3,(H,20,23)(H,21,24). The predicted molar refractivity (Wildman–Crippen MR) is 105 cm³/mol. The van der Waals surface area contributed by atoms with Crippen molar-refractivity contribution in [2.45, 2.75) is 32.2 Å². The number of carbonyl (C=O) groups is 2. The number of piperidine rings is 1. The van der Waals surface area contributed by atoms with Crippen LogP contribution in [-0.2, 0) is 9.59 Å². The molecule has 1 aliphatic heterocycles. The number of benzene rings is 1. The van der Waals surface area contributed by atoms with Crippen LogP contribution in [0.25, 0.3) is 0 Å². The molecule has 0 saturated carbocycles. The van der Waals surface area contributed by atoms with E-state index in [1.807, 2.05) is 0 Å². The molecule has 5 nitrogen and oxygen atoms in total. The van der Waals surface area contributed by atoms with Gasteiger partial charge in [0.25, 0.3) is 0 Å². The summed E-state index contributed by atoms with van der Waals surface area (Å²) in [4.78, 5) is 26.3. The number of hydrogen-bond donors (Lipinski definition) is 2. The summed E-state index contributed by atoms with van der Waals surface area (Å²) >= 11 is 7.13. The summed E-state index contributed by atoms with van der Waals surface area (Å²) in [5, 5.41) is 6.49. The molecule has 1 fully saturated rings. The average Bonchev–Trinajstić information content (AvgIpc) is 2.59. The van der Waals surface area contributed by atoms with E-state index >= 15 is 0 Å². The van der Waals surface area contributed by atoms with Crippen molar-refractivity contribution in [2.24, 2.45) is 0 Å². The smallest absolute Gasteiger partial charge is 0.234 e. The monoisotopic (exact) mass is 383 g/mol. The number of likely N-dealkylation sites (tertiary alicyclic amines) is 1. The van der Waals surface area contributed by atoms with Crippen molar-refractivity contribution in [1.82, 2.24) is 10.2 Å². The van der Waals surface area contributed by atoms with E-state index in [4.69, 9.17) is 11.6 Å². The quantitative estimate of drug-likeness (QED) is 0.724. The van der Waals surface area contributed by atoms with Gasteiger partial charge in [0.2, 0.25) is 11.8 Å². The van der Waals surface area contributed by atoms with Crippen molar-refractivity contribution < 1.29 is 9.59 Å². The molecule has 1 heterocycles. The number of nitrogens with one attached hydrogen (secondary N) is 2. The van der Waals surface area contributed by atoms with Gasteiger partial charge in [-0.15, -0.1) is 11.8 Å². The first kappa shape index (κ1) is 20.1. The van der Waals surface area contributed by atoms with Crippen LogP contribution < -0.4 is 10.6 Å². The third-order valence-electron chi connectivity index (χ3n) is 4.09. The highest BCUT2D eigenvalue weighted by Gasteiger charge is 2.20. The normalized spacial score (nSPS) is 15.8. The Morgan fingerprint density at radius 1 is 1.16 bits per heavy atom. The second-order valence-electron chi connectivity index (χ2n) is 6.23. The Morgan fingerprint density at radius 2 is 1.80 bits per heavy atom. The zero-order chi connectivity index (χ0) is 18.1. The maximum absolute atomic E-state index is 12.0. The Bertz CT molecular complexity index is 560. The van der Waals surface area contributed by atoms with E-state index in [0.29, 0.717) is 16.5 Å². The fraction of sp³-hybridized carbons (Fsp3) is 0.556. The summed E-state index contributed by atoms with van der Waals surface area (Å²) in [6.45, 7) is 5.43. The van der Waals surface area contributed by atoms with E-state index < -0.39 is 0 Å². The number of nitrogens with zero attached hydrogens (tertiary/aromatic N) is 1. The third-order valence-corrected chi connectivity index (χ3v) is 5.27. The van der Waals surface area contributed by atoms with Gasteiger partial charge >= 0.3 is 0 Å². The van der Waals surface area contributed by atoms with Crippen LogP contribution in [0.5, 0.6) is 0 Å². The predicted octanol–water partition coefficient (Wildman–Crippen LogP) is 3.00. The number of hydrogen-bond acceptors (Lipinski definition) is 4. The molecular weight excluding hydrogens is 358 g/mol. The number of anilines is 1. The van der Waals surface area contributed by atoms with Crippen molar-refractivity contribution in [1.29, 1.82) is 0 Å². The first-order valence-electron chi connectivity index (χ1n) is 8.71. The molecule has 0 unspecified atom stereocenters. The van der Waals surface area contributed by atoms with E-state index in [0.717, 1.165) is 32.5 Å². The summed E-state index contributed by atoms with van der Waals surface area (Å²) in [6, 6.07) is 7.22. The van der Waals surface area contributed by atoms with Gasteiger partial charge in [0.05, 0.1) is 11.5 Å². The lowest BCUT2D eigenvalue weighted by molar-refractivity contribution is -0.119. The van der Waals surface area contributed by atoms with Gasteiger partial charge in [0.1, 0.15) is 0 Å². The summed E-state index contributed by atoms with van der Waals surface area (Å²) < 4.78 is 0. The number of rotatable bonds is 8. The molecule has 0 atom stereocenters. The first-order valence-corrected chi connectivity index (χ1v) is 10.2. The molecule has 0 spiro atoms. The van der Waals surface area contributed by atoms with Crippen LogP contribution in [0.15, 0.2) is 24.3 Å². The molecule has 2 amide bonds. The molecule has 25 heavy (non-hydrogen) atoms. The number of carbonyl (C=O) groups excluding carboxylic acids is 2. The number of halogens is 1. The van der Waals surface area contributed by atoms with Gasteiger partial charge in [0.15, 0.2) is 0 Å². The van der Waals surface area contributed by atoms with Crippen LogP contribution in [-0.4, -0.2) is 53.9 Å². The maximum Gasteiger partial charge on any atom is 0.234 e. The highest BCUT2D eigenvalue weighted by atomic mass is 35.5. The van der Waals surface area contributed by atoms with Crippen molar-refractivity contribution in [2.75, 3.05) is 36.5 Å². The number of thioether (sulfide) groups is 1. The highest BCUT2D eigenvalue weighted by molar-refractivity contribution is 8.00. The molecular formula is C18H26ClN3O2S. The summed E-state index contributed by atoms with van der Waals surface area (Å²) in [5.41, 5.74) is 0.707.